The van der Waals surface area contributed by atoms with Crippen LogP contribution in [0.5, 0.6) is 0 Å². The van der Waals surface area contributed by atoms with Crippen molar-refractivity contribution in [3.8, 4) is 0 Å². The number of sulfone groups is 1. The van der Waals surface area contributed by atoms with Gasteiger partial charge in [-0.3, -0.25) is 4.79 Å². The van der Waals surface area contributed by atoms with Crippen LogP contribution in [0.4, 0.5) is 0 Å². The molecule has 2 aromatic heterocycles. The van der Waals surface area contributed by atoms with Crippen LogP contribution in [0.1, 0.15) is 13.3 Å². The lowest BCUT2D eigenvalue weighted by Gasteiger charge is -2.23. The van der Waals surface area contributed by atoms with E-state index in [1.165, 1.54) is 29.4 Å². The van der Waals surface area contributed by atoms with Crippen LogP contribution in [0.2, 0.25) is 0 Å². The van der Waals surface area contributed by atoms with E-state index in [0.717, 1.165) is 15.2 Å². The fourth-order valence-corrected chi connectivity index (χ4v) is 6.17. The Balaban J connectivity index is 1.62. The molecule has 6 nitrogen and oxygen atoms in total. The number of hydrogen-bond acceptors (Lipinski definition) is 7. The lowest BCUT2D eigenvalue weighted by Crippen LogP contribution is -2.47. The first-order valence-corrected chi connectivity index (χ1v) is 10.4. The largest absolute Gasteiger partial charge is 0.349 e. The van der Waals surface area contributed by atoms with Crippen LogP contribution in [0.25, 0.3) is 10.2 Å². The number of nitrogens with one attached hydrogen (secondary N) is 1. The first-order valence-electron chi connectivity index (χ1n) is 6.69. The minimum Gasteiger partial charge on any atom is -0.349 e. The Hall–Kier alpha value is -1.19. The number of aromatic nitrogens is 2. The fraction of sp³-hybridized carbons (Fsp3) is 0.462. The highest BCUT2D eigenvalue weighted by Gasteiger charge is 2.39. The molecule has 1 saturated heterocycles. The third-order valence-electron chi connectivity index (χ3n) is 3.51. The molecule has 1 aliphatic heterocycles. The van der Waals surface area contributed by atoms with Crippen LogP contribution in [0, 0.1) is 0 Å². The number of thioether (sulfide) groups is 1. The van der Waals surface area contributed by atoms with Gasteiger partial charge in [-0.2, -0.15) is 0 Å². The average Bonchev–Trinajstić information content (AvgIpc) is 3.01. The quantitative estimate of drug-likeness (QED) is 0.658. The van der Waals surface area contributed by atoms with E-state index in [9.17, 15) is 13.2 Å². The third kappa shape index (κ3) is 3.41. The van der Waals surface area contributed by atoms with Gasteiger partial charge < -0.3 is 5.32 Å². The van der Waals surface area contributed by atoms with Crippen molar-refractivity contribution in [3.63, 3.8) is 0 Å². The average molecular weight is 357 g/mol. The summed E-state index contributed by atoms with van der Waals surface area (Å²) >= 11 is 2.87. The molecule has 0 spiro atoms. The van der Waals surface area contributed by atoms with Gasteiger partial charge in [-0.1, -0.05) is 11.8 Å². The zero-order valence-electron chi connectivity index (χ0n) is 11.9. The van der Waals surface area contributed by atoms with Crippen molar-refractivity contribution in [3.05, 3.63) is 17.8 Å². The van der Waals surface area contributed by atoms with Gasteiger partial charge in [-0.05, 0) is 24.8 Å². The summed E-state index contributed by atoms with van der Waals surface area (Å²) in [5.74, 6) is 0.181. The molecule has 1 atom stereocenters. The Morgan fingerprint density at radius 1 is 1.50 bits per heavy atom. The number of carbonyl (C=O) groups excluding carboxylic acids is 1. The van der Waals surface area contributed by atoms with Crippen molar-refractivity contribution in [1.82, 2.24) is 15.3 Å². The van der Waals surface area contributed by atoms with Crippen molar-refractivity contribution >= 4 is 49.1 Å². The molecule has 0 radical (unpaired) electrons. The summed E-state index contributed by atoms with van der Waals surface area (Å²) in [5.41, 5.74) is -0.653. The number of hydrogen-bond donors (Lipinski definition) is 1. The predicted octanol–water partition coefficient (Wildman–Crippen LogP) is 1.48. The van der Waals surface area contributed by atoms with Crippen molar-refractivity contribution < 1.29 is 13.2 Å². The zero-order valence-corrected chi connectivity index (χ0v) is 14.4. The normalized spacial score (nSPS) is 23.7. The molecular formula is C13H15N3O3S3. The van der Waals surface area contributed by atoms with Crippen LogP contribution < -0.4 is 5.32 Å². The highest BCUT2D eigenvalue weighted by molar-refractivity contribution is 8.00. The van der Waals surface area contributed by atoms with E-state index in [2.05, 4.69) is 15.3 Å². The smallest absolute Gasteiger partial charge is 0.230 e. The molecular weight excluding hydrogens is 342 g/mol. The van der Waals surface area contributed by atoms with Gasteiger partial charge in [0.15, 0.2) is 9.84 Å². The Kier molecular flexibility index (Phi) is 4.13. The number of nitrogens with zero attached hydrogens (tertiary/aromatic N) is 2. The topological polar surface area (TPSA) is 89.0 Å². The Labute approximate surface area is 136 Å². The van der Waals surface area contributed by atoms with Gasteiger partial charge >= 0.3 is 0 Å². The molecule has 2 aromatic rings. The van der Waals surface area contributed by atoms with Crippen LogP contribution in [0.3, 0.4) is 0 Å². The van der Waals surface area contributed by atoms with Crippen molar-refractivity contribution in [1.29, 1.82) is 0 Å². The molecule has 1 fully saturated rings. The highest BCUT2D eigenvalue weighted by atomic mass is 32.2. The van der Waals surface area contributed by atoms with Crippen molar-refractivity contribution in [2.75, 3.05) is 17.3 Å². The van der Waals surface area contributed by atoms with Gasteiger partial charge in [0.1, 0.15) is 16.2 Å². The standard InChI is InChI=1S/C13H15N3O3S3/c1-13(3-5-22(18,19)7-13)16-10(17)6-21-12-9-2-4-20-11(9)14-8-15-12/h2,4,8H,3,5-7H2,1H3,(H,16,17)/t13-/m1/s1. The summed E-state index contributed by atoms with van der Waals surface area (Å²) in [6, 6.07) is 1.94. The van der Waals surface area contributed by atoms with Gasteiger partial charge in [0.25, 0.3) is 0 Å². The lowest BCUT2D eigenvalue weighted by molar-refractivity contribution is -0.120. The van der Waals surface area contributed by atoms with E-state index in [4.69, 9.17) is 0 Å². The van der Waals surface area contributed by atoms with Gasteiger partial charge in [0.05, 0.1) is 22.8 Å². The molecule has 1 N–H and O–H groups in total. The van der Waals surface area contributed by atoms with E-state index < -0.39 is 15.4 Å². The van der Waals surface area contributed by atoms with E-state index >= 15 is 0 Å². The van der Waals surface area contributed by atoms with Gasteiger partial charge in [-0.15, -0.1) is 11.3 Å². The molecule has 0 aliphatic carbocycles. The Morgan fingerprint density at radius 2 is 2.32 bits per heavy atom. The van der Waals surface area contributed by atoms with E-state index in [-0.39, 0.29) is 23.2 Å². The molecule has 1 aliphatic rings. The maximum atomic E-state index is 12.1. The summed E-state index contributed by atoms with van der Waals surface area (Å²) in [4.78, 5) is 21.4. The highest BCUT2D eigenvalue weighted by Crippen LogP contribution is 2.28. The fourth-order valence-electron chi connectivity index (χ4n) is 2.50. The lowest BCUT2D eigenvalue weighted by atomic mass is 10.0. The molecule has 22 heavy (non-hydrogen) atoms. The Morgan fingerprint density at radius 3 is 3.05 bits per heavy atom. The summed E-state index contributed by atoms with van der Waals surface area (Å²) in [5, 5.41) is 6.50. The van der Waals surface area contributed by atoms with E-state index in [1.807, 2.05) is 11.4 Å². The van der Waals surface area contributed by atoms with Crippen molar-refractivity contribution in [2.45, 2.75) is 23.9 Å². The summed E-state index contributed by atoms with van der Waals surface area (Å²) in [6.07, 6.45) is 1.96. The molecule has 1 amide bonds. The number of amides is 1. The van der Waals surface area contributed by atoms with Gasteiger partial charge in [0, 0.05) is 5.39 Å². The summed E-state index contributed by atoms with van der Waals surface area (Å²) in [6.45, 7) is 1.78. The zero-order chi connectivity index (χ0) is 15.8. The summed E-state index contributed by atoms with van der Waals surface area (Å²) in [7, 11) is -3.03. The molecule has 0 bridgehead atoms. The maximum Gasteiger partial charge on any atom is 0.230 e. The number of carbonyl (C=O) groups is 1. The first-order chi connectivity index (χ1) is 10.4. The minimum atomic E-state index is -3.03. The number of rotatable bonds is 4. The van der Waals surface area contributed by atoms with Crippen LogP contribution in [-0.2, 0) is 14.6 Å². The molecule has 3 heterocycles. The predicted molar refractivity (Wildman–Crippen MR) is 88.0 cm³/mol. The van der Waals surface area contributed by atoms with Crippen LogP contribution in [0.15, 0.2) is 22.8 Å². The van der Waals surface area contributed by atoms with Crippen LogP contribution >= 0.6 is 23.1 Å². The monoisotopic (exact) mass is 357 g/mol. The minimum absolute atomic E-state index is 0.0126. The maximum absolute atomic E-state index is 12.1. The van der Waals surface area contributed by atoms with E-state index in [1.54, 1.807) is 6.92 Å². The van der Waals surface area contributed by atoms with E-state index in [0.29, 0.717) is 6.42 Å². The number of fused-ring (bicyclic) bond motifs is 1. The second-order valence-corrected chi connectivity index (χ2v) is 9.60. The first kappa shape index (κ1) is 15.7. The Bertz CT molecular complexity index is 818. The molecule has 0 saturated carbocycles. The van der Waals surface area contributed by atoms with Gasteiger partial charge in [0.2, 0.25) is 5.91 Å². The summed E-state index contributed by atoms with van der Waals surface area (Å²) < 4.78 is 23.1. The molecule has 118 valence electrons. The SMILES string of the molecule is C[C@@]1(NC(=O)CSc2ncnc3sccc23)CCS(=O)(=O)C1. The second kappa shape index (κ2) is 5.78. The molecule has 3 rings (SSSR count). The second-order valence-electron chi connectivity index (χ2n) is 5.56. The number of thiophene rings is 1. The molecule has 0 unspecified atom stereocenters. The molecule has 0 aromatic carbocycles. The van der Waals surface area contributed by atoms with Crippen molar-refractivity contribution in [2.24, 2.45) is 0 Å². The molecule has 9 heteroatoms. The van der Waals surface area contributed by atoms with Crippen LogP contribution in [-0.4, -0.2) is 47.1 Å². The van der Waals surface area contributed by atoms with Gasteiger partial charge in [-0.25, -0.2) is 18.4 Å². The third-order valence-corrected chi connectivity index (χ3v) is 7.24.